The number of fused-ring (bicyclic) bond motifs is 1. The summed E-state index contributed by atoms with van der Waals surface area (Å²) in [5.74, 6) is -0.0746. The summed E-state index contributed by atoms with van der Waals surface area (Å²) < 4.78 is 0. The highest BCUT2D eigenvalue weighted by molar-refractivity contribution is 9.09. The Kier molecular flexibility index (Phi) is 6.75. The summed E-state index contributed by atoms with van der Waals surface area (Å²) in [7, 11) is 0. The van der Waals surface area contributed by atoms with Crippen LogP contribution in [0.3, 0.4) is 0 Å². The minimum atomic E-state index is -0.0746. The highest BCUT2D eigenvalue weighted by Crippen LogP contribution is 2.36. The first kappa shape index (κ1) is 20.9. The van der Waals surface area contributed by atoms with Crippen LogP contribution in [0.25, 0.3) is 5.57 Å². The van der Waals surface area contributed by atoms with E-state index in [1.54, 1.807) is 0 Å². The molecular weight excluding hydrogens is 440 g/mol. The lowest BCUT2D eigenvalue weighted by molar-refractivity contribution is -0.110. The number of piperidine rings is 1. The van der Waals surface area contributed by atoms with Gasteiger partial charge in [-0.05, 0) is 74.7 Å². The molecule has 6 heteroatoms. The Morgan fingerprint density at radius 1 is 1.10 bits per heavy atom. The quantitative estimate of drug-likeness (QED) is 0.296. The number of nitrogen functional groups attached to an aromatic ring is 1. The summed E-state index contributed by atoms with van der Waals surface area (Å²) >= 11 is 3.51. The number of alkyl halides is 1. The smallest absolute Gasteiger partial charge is 0.258 e. The molecule has 0 aliphatic carbocycles. The van der Waals surface area contributed by atoms with Crippen LogP contribution >= 0.6 is 15.9 Å². The number of hydrogen-bond donors (Lipinski definition) is 3. The van der Waals surface area contributed by atoms with Crippen molar-refractivity contribution in [3.8, 4) is 0 Å². The topological polar surface area (TPSA) is 70.4 Å². The maximum absolute atomic E-state index is 12.7. The summed E-state index contributed by atoms with van der Waals surface area (Å²) in [6.45, 7) is 3.40. The average molecular weight is 469 g/mol. The molecule has 30 heavy (non-hydrogen) atoms. The SMILES string of the molecule is Nc1ccc2c(c1)C(=C(CCCBr)Nc1ccc(CN3CCCCC3)cc1)C(=O)N2. The van der Waals surface area contributed by atoms with Crippen molar-refractivity contribution in [2.45, 2.75) is 38.6 Å². The number of nitrogens with zero attached hydrogens (tertiary/aromatic N) is 1. The molecule has 2 aliphatic rings. The van der Waals surface area contributed by atoms with Crippen molar-refractivity contribution >= 4 is 44.5 Å². The number of amides is 1. The number of rotatable bonds is 7. The highest BCUT2D eigenvalue weighted by Gasteiger charge is 2.27. The third kappa shape index (κ3) is 4.87. The third-order valence-corrected chi connectivity index (χ3v) is 6.32. The Morgan fingerprint density at radius 3 is 2.60 bits per heavy atom. The second-order valence-corrected chi connectivity index (χ2v) is 8.86. The van der Waals surface area contributed by atoms with E-state index in [4.69, 9.17) is 5.73 Å². The zero-order valence-electron chi connectivity index (χ0n) is 17.2. The van der Waals surface area contributed by atoms with Crippen LogP contribution < -0.4 is 16.4 Å². The molecule has 0 spiro atoms. The van der Waals surface area contributed by atoms with Crippen molar-refractivity contribution < 1.29 is 4.79 Å². The number of halogens is 1. The zero-order chi connectivity index (χ0) is 20.9. The first-order valence-electron chi connectivity index (χ1n) is 10.7. The Bertz CT molecular complexity index is 933. The molecule has 1 amide bonds. The maximum Gasteiger partial charge on any atom is 0.258 e. The number of carbonyl (C=O) groups excluding carboxylic acids is 1. The summed E-state index contributed by atoms with van der Waals surface area (Å²) in [6, 6.07) is 14.2. The van der Waals surface area contributed by atoms with Gasteiger partial charge in [0, 0.05) is 40.2 Å². The molecule has 0 unspecified atom stereocenters. The summed E-state index contributed by atoms with van der Waals surface area (Å²) in [6.07, 6.45) is 5.67. The fraction of sp³-hybridized carbons (Fsp3) is 0.375. The van der Waals surface area contributed by atoms with Gasteiger partial charge in [0.2, 0.25) is 0 Å². The van der Waals surface area contributed by atoms with Crippen LogP contribution in [-0.2, 0) is 11.3 Å². The van der Waals surface area contributed by atoms with Crippen molar-refractivity contribution in [2.75, 3.05) is 34.8 Å². The van der Waals surface area contributed by atoms with Gasteiger partial charge in [-0.15, -0.1) is 0 Å². The molecule has 4 N–H and O–H groups in total. The number of carbonyl (C=O) groups is 1. The minimum Gasteiger partial charge on any atom is -0.399 e. The summed E-state index contributed by atoms with van der Waals surface area (Å²) in [5, 5.41) is 7.36. The molecule has 2 heterocycles. The number of nitrogens with two attached hydrogens (primary N) is 1. The van der Waals surface area contributed by atoms with E-state index < -0.39 is 0 Å². The Morgan fingerprint density at radius 2 is 1.87 bits per heavy atom. The van der Waals surface area contributed by atoms with Crippen LogP contribution in [-0.4, -0.2) is 29.2 Å². The van der Waals surface area contributed by atoms with Gasteiger partial charge in [0.05, 0.1) is 5.57 Å². The van der Waals surface area contributed by atoms with Crippen molar-refractivity contribution in [3.63, 3.8) is 0 Å². The standard InChI is InChI=1S/C24H29BrN4O/c25-12-4-5-22(23-20-15-18(26)8-11-21(20)28-24(23)30)27-19-9-6-17(7-10-19)16-29-13-2-1-3-14-29/h6-11,15,27H,1-5,12-14,16,26H2,(H,28,30). The van der Waals surface area contributed by atoms with Gasteiger partial charge in [-0.25, -0.2) is 0 Å². The van der Waals surface area contributed by atoms with E-state index in [2.05, 4.69) is 55.7 Å². The van der Waals surface area contributed by atoms with Crippen molar-refractivity contribution in [1.29, 1.82) is 0 Å². The molecule has 1 saturated heterocycles. The predicted octanol–water partition coefficient (Wildman–Crippen LogP) is 5.21. The van der Waals surface area contributed by atoms with E-state index in [-0.39, 0.29) is 5.91 Å². The zero-order valence-corrected chi connectivity index (χ0v) is 18.8. The monoisotopic (exact) mass is 468 g/mol. The number of nitrogens with one attached hydrogen (secondary N) is 2. The first-order chi connectivity index (χ1) is 14.6. The second-order valence-electron chi connectivity index (χ2n) is 8.06. The van der Waals surface area contributed by atoms with E-state index in [1.165, 1.54) is 37.9 Å². The molecule has 158 valence electrons. The maximum atomic E-state index is 12.7. The molecule has 2 aromatic carbocycles. The second kappa shape index (κ2) is 9.67. The van der Waals surface area contributed by atoms with E-state index in [0.29, 0.717) is 11.3 Å². The van der Waals surface area contributed by atoms with Gasteiger partial charge in [0.25, 0.3) is 5.91 Å². The molecule has 2 aromatic rings. The molecule has 0 bridgehead atoms. The molecular formula is C24H29BrN4O. The molecule has 0 saturated carbocycles. The van der Waals surface area contributed by atoms with Crippen LogP contribution in [0, 0.1) is 0 Å². The van der Waals surface area contributed by atoms with Gasteiger partial charge in [-0.3, -0.25) is 9.69 Å². The Labute approximate surface area is 186 Å². The number of anilines is 3. The van der Waals surface area contributed by atoms with Gasteiger partial charge >= 0.3 is 0 Å². The first-order valence-corrected chi connectivity index (χ1v) is 11.8. The molecule has 1 fully saturated rings. The molecule has 5 nitrogen and oxygen atoms in total. The minimum absolute atomic E-state index is 0.0746. The highest BCUT2D eigenvalue weighted by atomic mass is 79.9. The Hall–Kier alpha value is -2.31. The number of hydrogen-bond acceptors (Lipinski definition) is 4. The van der Waals surface area contributed by atoms with Crippen LogP contribution in [0.1, 0.15) is 43.2 Å². The van der Waals surface area contributed by atoms with Crippen molar-refractivity contribution in [1.82, 2.24) is 4.90 Å². The molecule has 0 atom stereocenters. The summed E-state index contributed by atoms with van der Waals surface area (Å²) in [4.78, 5) is 15.3. The lowest BCUT2D eigenvalue weighted by atomic mass is 10.0. The number of benzene rings is 2. The van der Waals surface area contributed by atoms with Crippen molar-refractivity contribution in [2.24, 2.45) is 0 Å². The van der Waals surface area contributed by atoms with Gasteiger partial charge in [0.1, 0.15) is 0 Å². The molecule has 2 aliphatic heterocycles. The lowest BCUT2D eigenvalue weighted by Crippen LogP contribution is -2.29. The fourth-order valence-electron chi connectivity index (χ4n) is 4.22. The van der Waals surface area contributed by atoms with E-state index in [0.717, 1.165) is 47.4 Å². The third-order valence-electron chi connectivity index (χ3n) is 5.75. The largest absolute Gasteiger partial charge is 0.399 e. The van der Waals surface area contributed by atoms with Crippen molar-refractivity contribution in [3.05, 3.63) is 59.3 Å². The van der Waals surface area contributed by atoms with E-state index in [9.17, 15) is 4.79 Å². The lowest BCUT2D eigenvalue weighted by Gasteiger charge is -2.26. The number of likely N-dealkylation sites (tertiary alicyclic amines) is 1. The van der Waals surface area contributed by atoms with Crippen LogP contribution in [0.2, 0.25) is 0 Å². The van der Waals surface area contributed by atoms with Gasteiger partial charge in [-0.1, -0.05) is 34.5 Å². The normalized spacial score (nSPS) is 18.1. The number of allylic oxidation sites excluding steroid dienone is 1. The average Bonchev–Trinajstić information content (AvgIpc) is 3.08. The molecule has 0 radical (unpaired) electrons. The Balaban J connectivity index is 1.56. The van der Waals surface area contributed by atoms with Gasteiger partial charge in [-0.2, -0.15) is 0 Å². The molecule has 4 rings (SSSR count). The molecule has 0 aromatic heterocycles. The summed E-state index contributed by atoms with van der Waals surface area (Å²) in [5.41, 5.74) is 12.3. The predicted molar refractivity (Wildman–Crippen MR) is 129 cm³/mol. The van der Waals surface area contributed by atoms with Crippen LogP contribution in [0.4, 0.5) is 17.1 Å². The van der Waals surface area contributed by atoms with E-state index in [1.807, 2.05) is 18.2 Å². The van der Waals surface area contributed by atoms with E-state index >= 15 is 0 Å². The van der Waals surface area contributed by atoms with Crippen LogP contribution in [0.15, 0.2) is 48.2 Å². The fourth-order valence-corrected chi connectivity index (χ4v) is 4.50. The van der Waals surface area contributed by atoms with Gasteiger partial charge < -0.3 is 16.4 Å². The van der Waals surface area contributed by atoms with Crippen LogP contribution in [0.5, 0.6) is 0 Å². The van der Waals surface area contributed by atoms with Gasteiger partial charge in [0.15, 0.2) is 0 Å².